The van der Waals surface area contributed by atoms with E-state index in [-0.39, 0.29) is 0 Å². The molecule has 1 nitrogen and oxygen atoms in total. The number of fused-ring (bicyclic) bond motifs is 1. The Morgan fingerprint density at radius 1 is 1.29 bits per heavy atom. The van der Waals surface area contributed by atoms with Gasteiger partial charge in [-0.15, -0.1) is 0 Å². The molecule has 0 radical (unpaired) electrons. The molecule has 1 N–H and O–H groups in total. The summed E-state index contributed by atoms with van der Waals surface area (Å²) >= 11 is 0. The third-order valence-electron chi connectivity index (χ3n) is 3.96. The number of benzene rings is 1. The van der Waals surface area contributed by atoms with Crippen molar-refractivity contribution in [2.24, 2.45) is 5.92 Å². The summed E-state index contributed by atoms with van der Waals surface area (Å²) < 4.78 is 0. The Kier molecular flexibility index (Phi) is 2.15. The topological polar surface area (TPSA) is 20.2 Å². The van der Waals surface area contributed by atoms with E-state index in [9.17, 15) is 5.11 Å². The quantitative estimate of drug-likeness (QED) is 0.721. The minimum atomic E-state index is -0.601. The summed E-state index contributed by atoms with van der Waals surface area (Å²) in [4.78, 5) is 0. The van der Waals surface area contributed by atoms with E-state index in [1.165, 1.54) is 5.56 Å². The molecule has 14 heavy (non-hydrogen) atoms. The zero-order valence-electron chi connectivity index (χ0n) is 9.12. The molecule has 2 rings (SSSR count). The van der Waals surface area contributed by atoms with Crippen molar-refractivity contribution in [3.63, 3.8) is 0 Å². The highest BCUT2D eigenvalue weighted by atomic mass is 16.3. The summed E-state index contributed by atoms with van der Waals surface area (Å²) in [7, 11) is 0. The first-order valence-corrected chi connectivity index (χ1v) is 5.43. The van der Waals surface area contributed by atoms with Gasteiger partial charge < -0.3 is 5.11 Å². The zero-order chi connectivity index (χ0) is 10.3. The van der Waals surface area contributed by atoms with E-state index < -0.39 is 5.60 Å². The van der Waals surface area contributed by atoms with Gasteiger partial charge in [0.1, 0.15) is 0 Å². The number of hydrogen-bond acceptors (Lipinski definition) is 1. The molecule has 1 aliphatic carbocycles. The van der Waals surface area contributed by atoms with Gasteiger partial charge in [0.05, 0.1) is 5.60 Å². The van der Waals surface area contributed by atoms with Crippen LogP contribution in [0.25, 0.3) is 0 Å². The Morgan fingerprint density at radius 2 is 1.93 bits per heavy atom. The maximum atomic E-state index is 10.6. The van der Waals surface area contributed by atoms with E-state index in [2.05, 4.69) is 39.0 Å². The Balaban J connectivity index is 2.59. The van der Waals surface area contributed by atoms with Crippen molar-refractivity contribution in [2.75, 3.05) is 0 Å². The number of aliphatic hydroxyl groups is 1. The van der Waals surface area contributed by atoms with E-state index in [0.717, 1.165) is 12.0 Å². The number of rotatable bonds is 1. The summed E-state index contributed by atoms with van der Waals surface area (Å²) in [5, 5.41) is 10.6. The second-order valence-electron chi connectivity index (χ2n) is 4.44. The maximum absolute atomic E-state index is 10.6. The predicted octanol–water partition coefficient (Wildman–Crippen LogP) is 3.04. The van der Waals surface area contributed by atoms with Gasteiger partial charge in [0.25, 0.3) is 0 Å². The highest BCUT2D eigenvalue weighted by molar-refractivity contribution is 5.41. The van der Waals surface area contributed by atoms with Gasteiger partial charge in [-0.1, -0.05) is 45.0 Å². The van der Waals surface area contributed by atoms with Crippen LogP contribution in [0.2, 0.25) is 0 Å². The van der Waals surface area contributed by atoms with Gasteiger partial charge in [0.15, 0.2) is 0 Å². The van der Waals surface area contributed by atoms with Crippen molar-refractivity contribution >= 4 is 0 Å². The molecule has 0 heterocycles. The fourth-order valence-electron chi connectivity index (χ4n) is 2.73. The Bertz CT molecular complexity index is 345. The first kappa shape index (κ1) is 9.72. The van der Waals surface area contributed by atoms with E-state index in [0.29, 0.717) is 11.8 Å². The van der Waals surface area contributed by atoms with Gasteiger partial charge in [0.2, 0.25) is 0 Å². The smallest absolute Gasteiger partial charge is 0.0927 e. The maximum Gasteiger partial charge on any atom is 0.0927 e. The normalized spacial score (nSPS) is 35.7. The van der Waals surface area contributed by atoms with Crippen LogP contribution < -0.4 is 0 Å². The van der Waals surface area contributed by atoms with Gasteiger partial charge >= 0.3 is 0 Å². The summed E-state index contributed by atoms with van der Waals surface area (Å²) in [6.45, 7) is 6.41. The molecule has 1 aliphatic rings. The van der Waals surface area contributed by atoms with E-state index in [4.69, 9.17) is 0 Å². The highest BCUT2D eigenvalue weighted by Gasteiger charge is 2.45. The van der Waals surface area contributed by atoms with Crippen LogP contribution in [0.5, 0.6) is 0 Å². The Hall–Kier alpha value is -0.820. The molecule has 0 spiro atoms. The highest BCUT2D eigenvalue weighted by Crippen LogP contribution is 2.50. The van der Waals surface area contributed by atoms with E-state index in [1.807, 2.05) is 6.07 Å². The molecule has 0 aliphatic heterocycles. The molecule has 76 valence electrons. The van der Waals surface area contributed by atoms with Crippen LogP contribution in [0.15, 0.2) is 24.3 Å². The van der Waals surface area contributed by atoms with Crippen LogP contribution in [0.3, 0.4) is 0 Å². The minimum absolute atomic E-state index is 0.324. The van der Waals surface area contributed by atoms with Crippen LogP contribution >= 0.6 is 0 Å². The SMILES string of the molecule is CC[C@@]1(O)c2ccccc2[C@@H](C)[C@H]1C. The molecule has 0 saturated carbocycles. The molecule has 3 atom stereocenters. The summed E-state index contributed by atoms with van der Waals surface area (Å²) in [5.41, 5.74) is 1.86. The van der Waals surface area contributed by atoms with Crippen LogP contribution in [-0.4, -0.2) is 5.11 Å². The first-order chi connectivity index (χ1) is 6.61. The molecular formula is C13H18O. The average molecular weight is 190 g/mol. The molecular weight excluding hydrogens is 172 g/mol. The molecule has 0 bridgehead atoms. The predicted molar refractivity (Wildman–Crippen MR) is 58.2 cm³/mol. The van der Waals surface area contributed by atoms with Crippen molar-refractivity contribution in [1.29, 1.82) is 0 Å². The lowest BCUT2D eigenvalue weighted by Gasteiger charge is -2.28. The molecule has 1 aromatic rings. The Labute approximate surface area is 85.8 Å². The standard InChI is InChI=1S/C13H18O/c1-4-13(14)10(3)9(2)11-7-5-6-8-12(11)13/h5-10,14H,4H2,1-3H3/t9-,10+,13-/m0/s1. The molecule has 0 aromatic heterocycles. The van der Waals surface area contributed by atoms with Crippen LogP contribution in [0.4, 0.5) is 0 Å². The number of hydrogen-bond donors (Lipinski definition) is 1. The van der Waals surface area contributed by atoms with Gasteiger partial charge in [-0.25, -0.2) is 0 Å². The zero-order valence-corrected chi connectivity index (χ0v) is 9.12. The van der Waals surface area contributed by atoms with Gasteiger partial charge in [-0.3, -0.25) is 0 Å². The van der Waals surface area contributed by atoms with Crippen molar-refractivity contribution in [1.82, 2.24) is 0 Å². The first-order valence-electron chi connectivity index (χ1n) is 5.43. The van der Waals surface area contributed by atoms with Crippen molar-refractivity contribution in [3.8, 4) is 0 Å². The minimum Gasteiger partial charge on any atom is -0.385 e. The van der Waals surface area contributed by atoms with Crippen LogP contribution in [0.1, 0.15) is 44.2 Å². The molecule has 1 heteroatoms. The molecule has 0 saturated heterocycles. The Morgan fingerprint density at radius 3 is 2.57 bits per heavy atom. The summed E-state index contributed by atoms with van der Waals surface area (Å²) in [6, 6.07) is 8.29. The van der Waals surface area contributed by atoms with Crippen molar-refractivity contribution in [2.45, 2.75) is 38.7 Å². The van der Waals surface area contributed by atoms with Gasteiger partial charge in [0, 0.05) is 0 Å². The van der Waals surface area contributed by atoms with E-state index >= 15 is 0 Å². The van der Waals surface area contributed by atoms with Gasteiger partial charge in [-0.2, -0.15) is 0 Å². The molecule has 0 unspecified atom stereocenters. The third-order valence-corrected chi connectivity index (χ3v) is 3.96. The fourth-order valence-corrected chi connectivity index (χ4v) is 2.73. The lowest BCUT2D eigenvalue weighted by Crippen LogP contribution is -2.29. The van der Waals surface area contributed by atoms with Crippen molar-refractivity contribution in [3.05, 3.63) is 35.4 Å². The second kappa shape index (κ2) is 3.09. The van der Waals surface area contributed by atoms with E-state index in [1.54, 1.807) is 0 Å². The lowest BCUT2D eigenvalue weighted by atomic mass is 9.83. The lowest BCUT2D eigenvalue weighted by molar-refractivity contribution is -0.0144. The van der Waals surface area contributed by atoms with Crippen LogP contribution in [0, 0.1) is 5.92 Å². The third kappa shape index (κ3) is 1.05. The van der Waals surface area contributed by atoms with Crippen LogP contribution in [-0.2, 0) is 5.60 Å². The van der Waals surface area contributed by atoms with Crippen molar-refractivity contribution < 1.29 is 5.11 Å². The summed E-state index contributed by atoms with van der Waals surface area (Å²) in [6.07, 6.45) is 0.801. The molecule has 0 amide bonds. The average Bonchev–Trinajstić information content (AvgIpc) is 2.43. The molecule has 1 aromatic carbocycles. The van der Waals surface area contributed by atoms with Gasteiger partial charge in [-0.05, 0) is 29.4 Å². The monoisotopic (exact) mass is 190 g/mol. The fraction of sp³-hybridized carbons (Fsp3) is 0.538. The largest absolute Gasteiger partial charge is 0.385 e. The summed E-state index contributed by atoms with van der Waals surface area (Å²) in [5.74, 6) is 0.793. The molecule has 0 fully saturated rings. The second-order valence-corrected chi connectivity index (χ2v) is 4.44.